The first-order chi connectivity index (χ1) is 11.5. The van der Waals surface area contributed by atoms with Crippen LogP contribution in [-0.4, -0.2) is 38.6 Å². The maximum absolute atomic E-state index is 12.3. The molecule has 1 unspecified atom stereocenters. The molecule has 2 aromatic carbocycles. The van der Waals surface area contributed by atoms with Crippen molar-refractivity contribution >= 4 is 18.3 Å². The van der Waals surface area contributed by atoms with Crippen LogP contribution in [0.4, 0.5) is 0 Å². The highest BCUT2D eigenvalue weighted by Gasteiger charge is 2.16. The van der Waals surface area contributed by atoms with Crippen LogP contribution in [-0.2, 0) is 6.54 Å². The molecule has 25 heavy (non-hydrogen) atoms. The van der Waals surface area contributed by atoms with Gasteiger partial charge in [-0.3, -0.25) is 4.79 Å². The van der Waals surface area contributed by atoms with E-state index in [4.69, 9.17) is 10.5 Å². The zero-order valence-corrected chi connectivity index (χ0v) is 15.7. The van der Waals surface area contributed by atoms with Gasteiger partial charge in [-0.15, -0.1) is 12.4 Å². The highest BCUT2D eigenvalue weighted by atomic mass is 35.5. The Morgan fingerprint density at radius 2 is 1.88 bits per heavy atom. The van der Waals surface area contributed by atoms with Crippen molar-refractivity contribution in [2.75, 3.05) is 27.7 Å². The Morgan fingerprint density at radius 1 is 1.20 bits per heavy atom. The van der Waals surface area contributed by atoms with Crippen LogP contribution in [0.3, 0.4) is 0 Å². The molecule has 0 saturated heterocycles. The van der Waals surface area contributed by atoms with Gasteiger partial charge in [-0.25, -0.2) is 0 Å². The van der Waals surface area contributed by atoms with E-state index in [-0.39, 0.29) is 24.4 Å². The molecule has 0 aliphatic heterocycles. The summed E-state index contributed by atoms with van der Waals surface area (Å²) in [5.41, 5.74) is 8.32. The lowest BCUT2D eigenvalue weighted by atomic mass is 10.1. The quantitative estimate of drug-likeness (QED) is 0.793. The van der Waals surface area contributed by atoms with E-state index < -0.39 is 0 Å². The predicted octanol–water partition coefficient (Wildman–Crippen LogP) is 2.61. The van der Waals surface area contributed by atoms with Crippen LogP contribution in [0.5, 0.6) is 5.75 Å². The molecule has 0 saturated carbocycles. The zero-order chi connectivity index (χ0) is 17.5. The molecule has 0 radical (unpaired) electrons. The van der Waals surface area contributed by atoms with E-state index in [1.807, 2.05) is 50.5 Å². The molecule has 1 amide bonds. The minimum atomic E-state index is -0.0895. The number of likely N-dealkylation sites (N-methyl/N-ethyl adjacent to an activating group) is 1. The van der Waals surface area contributed by atoms with Crippen LogP contribution in [0.1, 0.15) is 27.5 Å². The lowest BCUT2D eigenvalue weighted by molar-refractivity contribution is 0.0942. The highest BCUT2D eigenvalue weighted by molar-refractivity contribution is 5.94. The molecule has 0 aromatic heterocycles. The van der Waals surface area contributed by atoms with Crippen LogP contribution < -0.4 is 15.8 Å². The highest BCUT2D eigenvalue weighted by Crippen LogP contribution is 2.22. The first-order valence-corrected chi connectivity index (χ1v) is 7.92. The van der Waals surface area contributed by atoms with E-state index in [9.17, 15) is 4.79 Å². The van der Waals surface area contributed by atoms with Gasteiger partial charge in [-0.1, -0.05) is 24.3 Å². The van der Waals surface area contributed by atoms with Crippen molar-refractivity contribution in [3.05, 3.63) is 65.2 Å². The Balaban J connectivity index is 0.00000312. The minimum absolute atomic E-state index is 0. The topological polar surface area (TPSA) is 67.6 Å². The molecule has 0 heterocycles. The second kappa shape index (κ2) is 10.0. The van der Waals surface area contributed by atoms with Crippen molar-refractivity contribution in [1.82, 2.24) is 10.2 Å². The maximum Gasteiger partial charge on any atom is 0.251 e. The lowest BCUT2D eigenvalue weighted by Crippen LogP contribution is -2.34. The van der Waals surface area contributed by atoms with Crippen molar-refractivity contribution in [1.29, 1.82) is 0 Å². The second-order valence-corrected chi connectivity index (χ2v) is 5.87. The summed E-state index contributed by atoms with van der Waals surface area (Å²) in [6.45, 7) is 0.984. The Kier molecular flexibility index (Phi) is 8.41. The standard InChI is InChI=1S/C19H25N3O2.ClH/c1-22(2)18(16-5-4-6-17(11-16)24-3)13-21-19(23)15-9-7-14(12-20)8-10-15;/h4-11,18H,12-13,20H2,1-3H3,(H,21,23);1H. The number of carbonyl (C=O) groups is 1. The van der Waals surface area contributed by atoms with E-state index in [1.54, 1.807) is 19.2 Å². The van der Waals surface area contributed by atoms with Crippen LogP contribution in [0.2, 0.25) is 0 Å². The smallest absolute Gasteiger partial charge is 0.251 e. The van der Waals surface area contributed by atoms with Gasteiger partial charge in [0.2, 0.25) is 0 Å². The molecule has 0 aliphatic rings. The number of nitrogens with zero attached hydrogens (tertiary/aromatic N) is 1. The van der Waals surface area contributed by atoms with E-state index in [1.165, 1.54) is 0 Å². The van der Waals surface area contributed by atoms with Crippen LogP contribution in [0.25, 0.3) is 0 Å². The summed E-state index contributed by atoms with van der Waals surface area (Å²) in [6.07, 6.45) is 0. The SMILES string of the molecule is COc1cccc(C(CNC(=O)c2ccc(CN)cc2)N(C)C)c1.Cl. The normalized spacial score (nSPS) is 11.6. The first kappa shape index (κ1) is 21.0. The Bertz CT molecular complexity index is 675. The maximum atomic E-state index is 12.3. The molecular weight excluding hydrogens is 338 g/mol. The van der Waals surface area contributed by atoms with E-state index in [0.29, 0.717) is 18.7 Å². The second-order valence-electron chi connectivity index (χ2n) is 5.87. The van der Waals surface area contributed by atoms with Crippen LogP contribution in [0, 0.1) is 0 Å². The molecule has 2 rings (SSSR count). The molecule has 1 atom stereocenters. The molecule has 2 aromatic rings. The average Bonchev–Trinajstić information content (AvgIpc) is 2.61. The fraction of sp³-hybridized carbons (Fsp3) is 0.316. The van der Waals surface area contributed by atoms with Crippen molar-refractivity contribution < 1.29 is 9.53 Å². The number of nitrogens with two attached hydrogens (primary N) is 1. The van der Waals surface area contributed by atoms with Crippen LogP contribution >= 0.6 is 12.4 Å². The van der Waals surface area contributed by atoms with Gasteiger partial charge in [0.05, 0.1) is 13.2 Å². The van der Waals surface area contributed by atoms with Gasteiger partial charge < -0.3 is 20.7 Å². The number of methoxy groups -OCH3 is 1. The number of ether oxygens (including phenoxy) is 1. The molecule has 0 aliphatic carbocycles. The zero-order valence-electron chi connectivity index (χ0n) is 14.9. The summed E-state index contributed by atoms with van der Waals surface area (Å²) in [5.74, 6) is 0.719. The number of halogens is 1. The summed E-state index contributed by atoms with van der Waals surface area (Å²) in [7, 11) is 5.63. The predicted molar refractivity (Wildman–Crippen MR) is 103 cm³/mol. The average molecular weight is 364 g/mol. The van der Waals surface area contributed by atoms with Crippen molar-refractivity contribution in [3.8, 4) is 5.75 Å². The molecule has 0 fully saturated rings. The third kappa shape index (κ3) is 5.74. The van der Waals surface area contributed by atoms with Crippen molar-refractivity contribution in [2.24, 2.45) is 5.73 Å². The molecule has 3 N–H and O–H groups in total. The van der Waals surface area contributed by atoms with E-state index in [0.717, 1.165) is 16.9 Å². The largest absolute Gasteiger partial charge is 0.497 e. The Labute approximate surface area is 155 Å². The van der Waals surface area contributed by atoms with Crippen molar-refractivity contribution in [3.63, 3.8) is 0 Å². The first-order valence-electron chi connectivity index (χ1n) is 7.92. The molecule has 0 spiro atoms. The van der Waals surface area contributed by atoms with Gasteiger partial charge in [0, 0.05) is 18.7 Å². The summed E-state index contributed by atoms with van der Waals surface area (Å²) in [6, 6.07) is 15.3. The number of rotatable bonds is 7. The number of carbonyl (C=O) groups excluding carboxylic acids is 1. The molecule has 136 valence electrons. The van der Waals surface area contributed by atoms with Crippen LogP contribution in [0.15, 0.2) is 48.5 Å². The van der Waals surface area contributed by atoms with Crippen molar-refractivity contribution in [2.45, 2.75) is 12.6 Å². The Hall–Kier alpha value is -2.08. The number of benzene rings is 2. The molecule has 5 nitrogen and oxygen atoms in total. The number of nitrogens with one attached hydrogen (secondary N) is 1. The Morgan fingerprint density at radius 3 is 2.44 bits per heavy atom. The monoisotopic (exact) mass is 363 g/mol. The minimum Gasteiger partial charge on any atom is -0.497 e. The van der Waals surface area contributed by atoms with Gasteiger partial charge in [0.15, 0.2) is 0 Å². The summed E-state index contributed by atoms with van der Waals surface area (Å²) in [5, 5.41) is 3.00. The third-order valence-corrected chi connectivity index (χ3v) is 4.01. The molecule has 6 heteroatoms. The van der Waals surface area contributed by atoms with Gasteiger partial charge in [-0.2, -0.15) is 0 Å². The summed E-state index contributed by atoms with van der Waals surface area (Å²) in [4.78, 5) is 14.4. The van der Waals surface area contributed by atoms with Gasteiger partial charge in [0.1, 0.15) is 5.75 Å². The number of hydrogen-bond donors (Lipinski definition) is 2. The number of amides is 1. The molecule has 0 bridgehead atoms. The van der Waals surface area contributed by atoms with Gasteiger partial charge in [0.25, 0.3) is 5.91 Å². The summed E-state index contributed by atoms with van der Waals surface area (Å²) < 4.78 is 5.29. The van der Waals surface area contributed by atoms with Gasteiger partial charge >= 0.3 is 0 Å². The van der Waals surface area contributed by atoms with E-state index >= 15 is 0 Å². The van der Waals surface area contributed by atoms with Gasteiger partial charge in [-0.05, 0) is 49.5 Å². The molecular formula is C19H26ClN3O2. The van der Waals surface area contributed by atoms with E-state index in [2.05, 4.69) is 10.2 Å². The fourth-order valence-corrected chi connectivity index (χ4v) is 2.53. The lowest BCUT2D eigenvalue weighted by Gasteiger charge is -2.25. The number of hydrogen-bond acceptors (Lipinski definition) is 4. The summed E-state index contributed by atoms with van der Waals surface area (Å²) >= 11 is 0. The third-order valence-electron chi connectivity index (χ3n) is 4.01. The fourth-order valence-electron chi connectivity index (χ4n) is 2.53.